The van der Waals surface area contributed by atoms with E-state index >= 15 is 0 Å². The highest BCUT2D eigenvalue weighted by molar-refractivity contribution is 5.81. The molecule has 0 aliphatic carbocycles. The standard InChI is InChI=1S/C12H24N2O3/c1-11(2)7-14(8-12(3,4)17-11)10(15)9(6-13)16-5/h9H,6-8,13H2,1-5H3. The quantitative estimate of drug-likeness (QED) is 0.779. The summed E-state index contributed by atoms with van der Waals surface area (Å²) < 4.78 is 11.0. The molecule has 0 spiro atoms. The Labute approximate surface area is 103 Å². The van der Waals surface area contributed by atoms with Crippen molar-refractivity contribution >= 4 is 5.91 Å². The van der Waals surface area contributed by atoms with Crippen LogP contribution in [0.15, 0.2) is 0 Å². The average molecular weight is 244 g/mol. The van der Waals surface area contributed by atoms with Gasteiger partial charge in [-0.25, -0.2) is 0 Å². The van der Waals surface area contributed by atoms with E-state index in [4.69, 9.17) is 15.2 Å². The van der Waals surface area contributed by atoms with Crippen molar-refractivity contribution in [1.82, 2.24) is 4.90 Å². The topological polar surface area (TPSA) is 64.8 Å². The van der Waals surface area contributed by atoms with Crippen LogP contribution in [0.4, 0.5) is 0 Å². The molecule has 1 atom stereocenters. The number of nitrogens with zero attached hydrogens (tertiary/aromatic N) is 1. The maximum Gasteiger partial charge on any atom is 0.253 e. The van der Waals surface area contributed by atoms with E-state index in [-0.39, 0.29) is 23.7 Å². The Kier molecular flexibility index (Phi) is 4.17. The third-order valence-corrected chi connectivity index (χ3v) is 2.78. The van der Waals surface area contributed by atoms with E-state index < -0.39 is 6.10 Å². The van der Waals surface area contributed by atoms with Crippen LogP contribution < -0.4 is 5.73 Å². The number of carbonyl (C=O) groups is 1. The molecule has 1 aliphatic rings. The summed E-state index contributed by atoms with van der Waals surface area (Å²) in [4.78, 5) is 14.0. The van der Waals surface area contributed by atoms with E-state index in [1.54, 1.807) is 4.90 Å². The minimum absolute atomic E-state index is 0.0561. The van der Waals surface area contributed by atoms with Gasteiger partial charge >= 0.3 is 0 Å². The van der Waals surface area contributed by atoms with Crippen molar-refractivity contribution in [3.8, 4) is 0 Å². The smallest absolute Gasteiger partial charge is 0.253 e. The summed E-state index contributed by atoms with van der Waals surface area (Å²) in [6, 6.07) is 0. The monoisotopic (exact) mass is 244 g/mol. The second-order valence-electron chi connectivity index (χ2n) is 5.78. The van der Waals surface area contributed by atoms with Crippen LogP contribution >= 0.6 is 0 Å². The van der Waals surface area contributed by atoms with Crippen LogP contribution in [-0.2, 0) is 14.3 Å². The first-order valence-electron chi connectivity index (χ1n) is 5.92. The number of morpholine rings is 1. The van der Waals surface area contributed by atoms with Crippen LogP contribution in [0.3, 0.4) is 0 Å². The van der Waals surface area contributed by atoms with Crippen LogP contribution in [0.25, 0.3) is 0 Å². The van der Waals surface area contributed by atoms with Gasteiger partial charge in [-0.1, -0.05) is 0 Å². The lowest BCUT2D eigenvalue weighted by molar-refractivity contribution is -0.192. The van der Waals surface area contributed by atoms with Crippen molar-refractivity contribution in [1.29, 1.82) is 0 Å². The van der Waals surface area contributed by atoms with Gasteiger partial charge in [0.15, 0.2) is 0 Å². The number of hydrogen-bond acceptors (Lipinski definition) is 4. The molecule has 5 nitrogen and oxygen atoms in total. The highest BCUT2D eigenvalue weighted by Crippen LogP contribution is 2.28. The van der Waals surface area contributed by atoms with E-state index in [0.29, 0.717) is 13.1 Å². The lowest BCUT2D eigenvalue weighted by atomic mass is 9.98. The van der Waals surface area contributed by atoms with Gasteiger partial charge in [-0.3, -0.25) is 4.79 Å². The van der Waals surface area contributed by atoms with Crippen molar-refractivity contribution in [2.24, 2.45) is 5.73 Å². The van der Waals surface area contributed by atoms with Gasteiger partial charge in [-0.15, -0.1) is 0 Å². The van der Waals surface area contributed by atoms with Gasteiger partial charge in [0.1, 0.15) is 6.10 Å². The molecule has 0 aromatic rings. The van der Waals surface area contributed by atoms with Gasteiger partial charge < -0.3 is 20.1 Å². The van der Waals surface area contributed by atoms with Gasteiger partial charge in [-0.2, -0.15) is 0 Å². The zero-order chi connectivity index (χ0) is 13.3. The number of carbonyl (C=O) groups excluding carboxylic acids is 1. The van der Waals surface area contributed by atoms with Crippen molar-refractivity contribution in [3.05, 3.63) is 0 Å². The molecule has 1 rings (SSSR count). The van der Waals surface area contributed by atoms with E-state index in [2.05, 4.69) is 0 Å². The minimum Gasteiger partial charge on any atom is -0.370 e. The third-order valence-electron chi connectivity index (χ3n) is 2.78. The molecular formula is C12H24N2O3. The highest BCUT2D eigenvalue weighted by Gasteiger charge is 2.41. The lowest BCUT2D eigenvalue weighted by Gasteiger charge is -2.47. The van der Waals surface area contributed by atoms with E-state index in [0.717, 1.165) is 0 Å². The number of ether oxygens (including phenoxy) is 2. The fraction of sp³-hybridized carbons (Fsp3) is 0.917. The summed E-state index contributed by atoms with van der Waals surface area (Å²) in [5.74, 6) is -0.0561. The molecule has 17 heavy (non-hydrogen) atoms. The number of hydrogen-bond donors (Lipinski definition) is 1. The molecule has 1 unspecified atom stereocenters. The molecule has 1 amide bonds. The van der Waals surface area contributed by atoms with Gasteiger partial charge in [0, 0.05) is 26.7 Å². The Morgan fingerprint density at radius 3 is 2.18 bits per heavy atom. The summed E-state index contributed by atoms with van der Waals surface area (Å²) in [5, 5.41) is 0. The van der Waals surface area contributed by atoms with Crippen LogP contribution in [0.1, 0.15) is 27.7 Å². The van der Waals surface area contributed by atoms with Crippen molar-refractivity contribution < 1.29 is 14.3 Å². The Balaban J connectivity index is 2.80. The molecule has 1 fully saturated rings. The maximum absolute atomic E-state index is 12.2. The average Bonchev–Trinajstić information content (AvgIpc) is 2.14. The molecule has 2 N–H and O–H groups in total. The molecule has 1 saturated heterocycles. The van der Waals surface area contributed by atoms with E-state index in [9.17, 15) is 4.79 Å². The van der Waals surface area contributed by atoms with Crippen LogP contribution in [0.5, 0.6) is 0 Å². The Hall–Kier alpha value is -0.650. The minimum atomic E-state index is -0.556. The van der Waals surface area contributed by atoms with Crippen molar-refractivity contribution in [3.63, 3.8) is 0 Å². The second-order valence-corrected chi connectivity index (χ2v) is 5.78. The normalized spacial score (nSPS) is 24.5. The Bertz CT molecular complexity index is 269. The van der Waals surface area contributed by atoms with E-state index in [1.165, 1.54) is 7.11 Å². The van der Waals surface area contributed by atoms with Crippen molar-refractivity contribution in [2.75, 3.05) is 26.7 Å². The predicted octanol–water partition coefficient (Wildman–Crippen LogP) is 0.376. The first kappa shape index (κ1) is 14.4. The van der Waals surface area contributed by atoms with Gasteiger partial charge in [0.05, 0.1) is 11.2 Å². The lowest BCUT2D eigenvalue weighted by Crippen LogP contribution is -2.60. The van der Waals surface area contributed by atoms with Gasteiger partial charge in [0.2, 0.25) is 0 Å². The highest BCUT2D eigenvalue weighted by atomic mass is 16.5. The Morgan fingerprint density at radius 2 is 1.82 bits per heavy atom. The fourth-order valence-corrected chi connectivity index (χ4v) is 2.45. The maximum atomic E-state index is 12.2. The fourth-order valence-electron chi connectivity index (χ4n) is 2.45. The van der Waals surface area contributed by atoms with E-state index in [1.807, 2.05) is 27.7 Å². The number of nitrogens with two attached hydrogens (primary N) is 1. The van der Waals surface area contributed by atoms with Crippen LogP contribution in [-0.4, -0.2) is 54.9 Å². The zero-order valence-corrected chi connectivity index (χ0v) is 11.4. The van der Waals surface area contributed by atoms with Gasteiger partial charge in [0.25, 0.3) is 5.91 Å². The van der Waals surface area contributed by atoms with Crippen LogP contribution in [0.2, 0.25) is 0 Å². The largest absolute Gasteiger partial charge is 0.370 e. The third kappa shape index (κ3) is 3.66. The summed E-state index contributed by atoms with van der Waals surface area (Å²) >= 11 is 0. The number of amides is 1. The summed E-state index contributed by atoms with van der Waals surface area (Å²) in [5.41, 5.74) is 4.84. The number of methoxy groups -OCH3 is 1. The molecule has 5 heteroatoms. The number of rotatable bonds is 3. The predicted molar refractivity (Wildman–Crippen MR) is 65.7 cm³/mol. The molecule has 1 heterocycles. The molecular weight excluding hydrogens is 220 g/mol. The zero-order valence-electron chi connectivity index (χ0n) is 11.4. The summed E-state index contributed by atoms with van der Waals surface area (Å²) in [6.07, 6.45) is -0.556. The first-order chi connectivity index (χ1) is 7.71. The second kappa shape index (κ2) is 4.92. The summed E-state index contributed by atoms with van der Waals surface area (Å²) in [6.45, 7) is 9.27. The molecule has 100 valence electrons. The molecule has 1 aliphatic heterocycles. The molecule has 0 radical (unpaired) electrons. The van der Waals surface area contributed by atoms with Crippen molar-refractivity contribution in [2.45, 2.75) is 45.0 Å². The first-order valence-corrected chi connectivity index (χ1v) is 5.92. The molecule has 0 saturated carbocycles. The van der Waals surface area contributed by atoms with Crippen LogP contribution in [0, 0.1) is 0 Å². The molecule has 0 aromatic heterocycles. The SMILES string of the molecule is COC(CN)C(=O)N1CC(C)(C)OC(C)(C)C1. The Morgan fingerprint density at radius 1 is 1.35 bits per heavy atom. The summed E-state index contributed by atoms with van der Waals surface area (Å²) in [7, 11) is 1.51. The molecule has 0 bridgehead atoms. The van der Waals surface area contributed by atoms with Gasteiger partial charge in [-0.05, 0) is 27.7 Å². The molecule has 0 aromatic carbocycles.